The molecule has 4 saturated carbocycles. The first-order valence-corrected chi connectivity index (χ1v) is 12.7. The molecule has 30 heavy (non-hydrogen) atoms. The average Bonchev–Trinajstić information content (AvgIpc) is 3.05. The molecule has 172 valence electrons. The van der Waals surface area contributed by atoms with Crippen molar-refractivity contribution in [1.29, 1.82) is 0 Å². The molecule has 4 aliphatic rings. The molecule has 4 aliphatic carbocycles. The van der Waals surface area contributed by atoms with Gasteiger partial charge < -0.3 is 15.3 Å². The van der Waals surface area contributed by atoms with Gasteiger partial charge in [-0.2, -0.15) is 0 Å². The maximum absolute atomic E-state index is 11.7. The molecule has 4 unspecified atom stereocenters. The molecule has 0 amide bonds. The number of aliphatic carboxylic acids is 1. The van der Waals surface area contributed by atoms with E-state index in [4.69, 9.17) is 5.11 Å². The Morgan fingerprint density at radius 2 is 1.67 bits per heavy atom. The van der Waals surface area contributed by atoms with Crippen LogP contribution in [0.25, 0.3) is 0 Å². The molecule has 3 N–H and O–H groups in total. The van der Waals surface area contributed by atoms with Crippen LogP contribution in [0.1, 0.15) is 91.9 Å². The summed E-state index contributed by atoms with van der Waals surface area (Å²) in [6.45, 7) is 9.44. The lowest BCUT2D eigenvalue weighted by Crippen LogP contribution is -2.62. The molecule has 11 atom stereocenters. The fourth-order valence-electron chi connectivity index (χ4n) is 9.48. The van der Waals surface area contributed by atoms with Crippen molar-refractivity contribution < 1.29 is 20.1 Å². The summed E-state index contributed by atoms with van der Waals surface area (Å²) in [5, 5.41) is 31.3. The van der Waals surface area contributed by atoms with Crippen molar-refractivity contribution >= 4 is 5.97 Å². The molecule has 0 bridgehead atoms. The molecule has 0 heterocycles. The fourth-order valence-corrected chi connectivity index (χ4v) is 9.48. The molecule has 0 aromatic carbocycles. The predicted octanol–water partition coefficient (Wildman–Crippen LogP) is 5.11. The van der Waals surface area contributed by atoms with Crippen LogP contribution < -0.4 is 0 Å². The van der Waals surface area contributed by atoms with Crippen LogP contribution >= 0.6 is 0 Å². The number of fused-ring (bicyclic) bond motifs is 5. The number of rotatable bonds is 5. The summed E-state index contributed by atoms with van der Waals surface area (Å²) in [5.74, 6) is 2.58. The highest BCUT2D eigenvalue weighted by molar-refractivity contribution is 5.66. The van der Waals surface area contributed by atoms with E-state index in [2.05, 4.69) is 27.7 Å². The van der Waals surface area contributed by atoms with E-state index in [0.29, 0.717) is 41.4 Å². The van der Waals surface area contributed by atoms with Crippen molar-refractivity contribution in [2.24, 2.45) is 52.3 Å². The second-order valence-corrected chi connectivity index (χ2v) is 12.0. The lowest BCUT2D eigenvalue weighted by atomic mass is 9.41. The zero-order chi connectivity index (χ0) is 21.8. The van der Waals surface area contributed by atoms with E-state index < -0.39 is 5.97 Å². The van der Waals surface area contributed by atoms with Gasteiger partial charge in [-0.15, -0.1) is 0 Å². The number of hydrogen-bond acceptors (Lipinski definition) is 3. The van der Waals surface area contributed by atoms with Crippen molar-refractivity contribution in [2.45, 2.75) is 104 Å². The second kappa shape index (κ2) is 8.06. The lowest BCUT2D eigenvalue weighted by molar-refractivity contribution is -0.203. The van der Waals surface area contributed by atoms with E-state index in [1.165, 1.54) is 25.7 Å². The Morgan fingerprint density at radius 3 is 2.33 bits per heavy atom. The normalized spacial score (nSPS) is 51.5. The first-order chi connectivity index (χ1) is 14.1. The number of hydrogen-bond donors (Lipinski definition) is 3. The topological polar surface area (TPSA) is 77.8 Å². The summed E-state index contributed by atoms with van der Waals surface area (Å²) in [6.07, 6.45) is 9.27. The first-order valence-electron chi connectivity index (χ1n) is 12.7. The molecule has 0 aromatic rings. The molecular formula is C26H44O4. The van der Waals surface area contributed by atoms with Crippen LogP contribution in [-0.2, 0) is 4.79 Å². The Kier molecular flexibility index (Phi) is 6.07. The molecule has 4 heteroatoms. The Hall–Kier alpha value is -0.610. The van der Waals surface area contributed by atoms with Gasteiger partial charge in [0.15, 0.2) is 0 Å². The Labute approximate surface area is 182 Å². The molecular weight excluding hydrogens is 376 g/mol. The first kappa shape index (κ1) is 22.6. The molecule has 4 nitrogen and oxygen atoms in total. The van der Waals surface area contributed by atoms with E-state index in [1.807, 2.05) is 0 Å². The van der Waals surface area contributed by atoms with Crippen LogP contribution in [0.5, 0.6) is 0 Å². The van der Waals surface area contributed by atoms with Crippen molar-refractivity contribution in [3.63, 3.8) is 0 Å². The minimum atomic E-state index is -0.683. The maximum atomic E-state index is 11.7. The Balaban J connectivity index is 1.61. The highest BCUT2D eigenvalue weighted by atomic mass is 16.4. The summed E-state index contributed by atoms with van der Waals surface area (Å²) >= 11 is 0. The molecule has 0 aromatic heterocycles. The van der Waals surface area contributed by atoms with E-state index in [0.717, 1.165) is 32.1 Å². The minimum absolute atomic E-state index is 0.194. The monoisotopic (exact) mass is 420 g/mol. The molecule has 0 aliphatic heterocycles. The zero-order valence-electron chi connectivity index (χ0n) is 19.5. The van der Waals surface area contributed by atoms with Gasteiger partial charge in [0.1, 0.15) is 0 Å². The van der Waals surface area contributed by atoms with Crippen LogP contribution in [0.3, 0.4) is 0 Å². The number of carboxylic acids is 1. The Morgan fingerprint density at radius 1 is 1.00 bits per heavy atom. The van der Waals surface area contributed by atoms with Gasteiger partial charge in [0.05, 0.1) is 12.2 Å². The smallest absolute Gasteiger partial charge is 0.303 e. The average molecular weight is 421 g/mol. The largest absolute Gasteiger partial charge is 0.481 e. The molecule has 0 saturated heterocycles. The fraction of sp³-hybridized carbons (Fsp3) is 0.962. The minimum Gasteiger partial charge on any atom is -0.481 e. The van der Waals surface area contributed by atoms with E-state index in [-0.39, 0.29) is 29.5 Å². The van der Waals surface area contributed by atoms with Gasteiger partial charge in [-0.05, 0) is 104 Å². The van der Waals surface area contributed by atoms with Gasteiger partial charge in [-0.1, -0.05) is 34.1 Å². The van der Waals surface area contributed by atoms with Gasteiger partial charge >= 0.3 is 5.97 Å². The van der Waals surface area contributed by atoms with Crippen LogP contribution in [0.2, 0.25) is 0 Å². The summed E-state index contributed by atoms with van der Waals surface area (Å²) < 4.78 is 0. The summed E-state index contributed by atoms with van der Waals surface area (Å²) in [5.41, 5.74) is 0.480. The van der Waals surface area contributed by atoms with Gasteiger partial charge in [-0.3, -0.25) is 4.79 Å². The third-order valence-electron chi connectivity index (χ3n) is 11.0. The van der Waals surface area contributed by atoms with Crippen LogP contribution in [0.15, 0.2) is 0 Å². The van der Waals surface area contributed by atoms with Gasteiger partial charge in [0.25, 0.3) is 0 Å². The summed E-state index contributed by atoms with van der Waals surface area (Å²) in [6, 6.07) is 0. The Bertz CT molecular complexity index is 649. The number of carboxylic acid groups (broad SMARTS) is 1. The van der Waals surface area contributed by atoms with Crippen LogP contribution in [0, 0.1) is 52.3 Å². The standard InChI is InChI=1S/C26H44O4/c1-5-17-21-14-16(27)10-12-26(21,4)20-11-13-25(3)18(15(2)6-9-22(28)29)7-8-19(25)23(20)24(17)30/h15-21,23-24,27,30H,5-14H2,1-4H3,(H,28,29)/t15-,16-,17+,18?,19?,20?,21+,23?,24-,25-,26-/m1/s1. The van der Waals surface area contributed by atoms with Crippen LogP contribution in [-0.4, -0.2) is 33.5 Å². The zero-order valence-corrected chi connectivity index (χ0v) is 19.5. The number of aliphatic hydroxyl groups excluding tert-OH is 2. The van der Waals surface area contributed by atoms with Crippen molar-refractivity contribution in [3.05, 3.63) is 0 Å². The summed E-state index contributed by atoms with van der Waals surface area (Å²) in [7, 11) is 0. The molecule has 4 rings (SSSR count). The van der Waals surface area contributed by atoms with E-state index in [9.17, 15) is 15.0 Å². The summed E-state index contributed by atoms with van der Waals surface area (Å²) in [4.78, 5) is 11.1. The van der Waals surface area contributed by atoms with E-state index in [1.54, 1.807) is 0 Å². The molecule has 4 fully saturated rings. The van der Waals surface area contributed by atoms with Crippen molar-refractivity contribution in [3.8, 4) is 0 Å². The van der Waals surface area contributed by atoms with E-state index >= 15 is 0 Å². The quantitative estimate of drug-likeness (QED) is 0.577. The highest BCUT2D eigenvalue weighted by Crippen LogP contribution is 2.69. The van der Waals surface area contributed by atoms with Crippen LogP contribution in [0.4, 0.5) is 0 Å². The number of carbonyl (C=O) groups is 1. The number of aliphatic hydroxyl groups is 2. The lowest BCUT2D eigenvalue weighted by Gasteiger charge is -2.64. The maximum Gasteiger partial charge on any atom is 0.303 e. The van der Waals surface area contributed by atoms with Gasteiger partial charge in [-0.25, -0.2) is 0 Å². The third kappa shape index (κ3) is 3.36. The third-order valence-corrected chi connectivity index (χ3v) is 11.0. The SMILES string of the molecule is CC[C@@H]1[C@@H](O)C2C3CCC([C@H](C)CCC(=O)O)[C@@]3(C)CCC2[C@@]2(C)CC[C@@H](O)C[C@@H]12. The molecule has 0 radical (unpaired) electrons. The van der Waals surface area contributed by atoms with Crippen molar-refractivity contribution in [1.82, 2.24) is 0 Å². The van der Waals surface area contributed by atoms with Gasteiger partial charge in [0.2, 0.25) is 0 Å². The second-order valence-electron chi connectivity index (χ2n) is 12.0. The highest BCUT2D eigenvalue weighted by Gasteiger charge is 2.64. The van der Waals surface area contributed by atoms with Crippen molar-refractivity contribution in [2.75, 3.05) is 0 Å². The molecule has 0 spiro atoms. The van der Waals surface area contributed by atoms with Gasteiger partial charge in [0, 0.05) is 6.42 Å². The predicted molar refractivity (Wildman–Crippen MR) is 118 cm³/mol.